The second-order valence-electron chi connectivity index (χ2n) is 6.80. The molecule has 2 aromatic carbocycles. The average molecular weight is 422 g/mol. The fourth-order valence-corrected chi connectivity index (χ4v) is 3.58. The summed E-state index contributed by atoms with van der Waals surface area (Å²) in [5, 5.41) is 4.38. The molecule has 4 aromatic rings. The number of alkyl halides is 3. The van der Waals surface area contributed by atoms with Crippen LogP contribution in [0.1, 0.15) is 11.3 Å². The molecule has 5 nitrogen and oxygen atoms in total. The highest BCUT2D eigenvalue weighted by Gasteiger charge is 2.31. The van der Waals surface area contributed by atoms with Gasteiger partial charge in [-0.3, -0.25) is 9.25 Å². The van der Waals surface area contributed by atoms with E-state index in [0.717, 1.165) is 12.1 Å². The molecule has 0 radical (unpaired) electrons. The van der Waals surface area contributed by atoms with Gasteiger partial charge in [-0.15, -0.1) is 13.2 Å². The van der Waals surface area contributed by atoms with Crippen molar-refractivity contribution < 1.29 is 26.7 Å². The van der Waals surface area contributed by atoms with Gasteiger partial charge in [0.15, 0.2) is 5.82 Å². The molecular formula is C20H15F5N4O. The lowest BCUT2D eigenvalue weighted by atomic mass is 10.00. The van der Waals surface area contributed by atoms with Crippen molar-refractivity contribution in [1.82, 2.24) is 19.3 Å². The first kappa shape index (κ1) is 19.9. The highest BCUT2D eigenvalue weighted by molar-refractivity contribution is 5.83. The standard InChI is InChI=1S/C20H15F5N4O/c1-10-6-13(30-20(23,24)25)4-5-14(10)17-11(2)27-28(3)19(17)29-9-26-16-8-12(21)7-15(22)18(16)29/h4-9H,1-3H3. The Morgan fingerprint density at radius 1 is 1.03 bits per heavy atom. The minimum absolute atomic E-state index is 0.0651. The molecule has 0 aliphatic carbocycles. The minimum Gasteiger partial charge on any atom is -0.406 e. The molecule has 4 rings (SSSR count). The van der Waals surface area contributed by atoms with Crippen LogP contribution in [0.15, 0.2) is 36.7 Å². The van der Waals surface area contributed by atoms with Crippen molar-refractivity contribution in [2.75, 3.05) is 0 Å². The van der Waals surface area contributed by atoms with Gasteiger partial charge in [-0.25, -0.2) is 13.8 Å². The molecule has 0 spiro atoms. The van der Waals surface area contributed by atoms with E-state index in [4.69, 9.17) is 0 Å². The van der Waals surface area contributed by atoms with Crippen LogP contribution >= 0.6 is 0 Å². The van der Waals surface area contributed by atoms with Gasteiger partial charge in [0.05, 0.1) is 11.2 Å². The number of aryl methyl sites for hydroxylation is 3. The zero-order chi connectivity index (χ0) is 21.8. The summed E-state index contributed by atoms with van der Waals surface area (Å²) in [5.74, 6) is -1.45. The summed E-state index contributed by atoms with van der Waals surface area (Å²) < 4.78 is 72.6. The third-order valence-electron chi connectivity index (χ3n) is 4.68. The summed E-state index contributed by atoms with van der Waals surface area (Å²) in [6, 6.07) is 5.83. The maximum Gasteiger partial charge on any atom is 0.573 e. The number of imidazole rings is 1. The highest BCUT2D eigenvalue weighted by Crippen LogP contribution is 2.36. The fourth-order valence-electron chi connectivity index (χ4n) is 3.58. The van der Waals surface area contributed by atoms with Crippen molar-refractivity contribution in [3.8, 4) is 22.7 Å². The molecule has 0 saturated carbocycles. The van der Waals surface area contributed by atoms with Crippen molar-refractivity contribution >= 4 is 11.0 Å². The Morgan fingerprint density at radius 2 is 1.77 bits per heavy atom. The molecule has 0 aliphatic heterocycles. The Hall–Kier alpha value is -3.43. The van der Waals surface area contributed by atoms with Gasteiger partial charge in [0.25, 0.3) is 0 Å². The molecule has 10 heteroatoms. The van der Waals surface area contributed by atoms with Crippen LogP contribution in [0.4, 0.5) is 22.0 Å². The van der Waals surface area contributed by atoms with Crippen LogP contribution in [0.25, 0.3) is 28.0 Å². The van der Waals surface area contributed by atoms with Gasteiger partial charge in [-0.2, -0.15) is 5.10 Å². The monoisotopic (exact) mass is 422 g/mol. The number of halogens is 5. The van der Waals surface area contributed by atoms with Crippen LogP contribution < -0.4 is 4.74 Å². The largest absolute Gasteiger partial charge is 0.573 e. The van der Waals surface area contributed by atoms with Crippen molar-refractivity contribution in [2.24, 2.45) is 7.05 Å². The summed E-state index contributed by atoms with van der Waals surface area (Å²) in [6.07, 6.45) is -3.45. The average Bonchev–Trinajstić information content (AvgIpc) is 3.14. The summed E-state index contributed by atoms with van der Waals surface area (Å²) in [6.45, 7) is 3.37. The maximum atomic E-state index is 14.5. The molecule has 0 N–H and O–H groups in total. The molecule has 0 bridgehead atoms. The molecule has 0 fully saturated rings. The molecule has 156 valence electrons. The molecule has 2 heterocycles. The van der Waals surface area contributed by atoms with E-state index in [1.165, 1.54) is 33.8 Å². The second kappa shape index (κ2) is 6.82. The molecule has 0 amide bonds. The van der Waals surface area contributed by atoms with E-state index in [9.17, 15) is 22.0 Å². The Morgan fingerprint density at radius 3 is 2.43 bits per heavy atom. The fraction of sp³-hybridized carbons (Fsp3) is 0.200. The summed E-state index contributed by atoms with van der Waals surface area (Å²) in [4.78, 5) is 4.08. The molecule has 0 saturated heterocycles. The quantitative estimate of drug-likeness (QED) is 0.426. The Kier molecular flexibility index (Phi) is 4.52. The second-order valence-corrected chi connectivity index (χ2v) is 6.80. The zero-order valence-electron chi connectivity index (χ0n) is 16.1. The Labute approximate surface area is 167 Å². The predicted molar refractivity (Wildman–Crippen MR) is 99.3 cm³/mol. The summed E-state index contributed by atoms with van der Waals surface area (Å²) in [5.41, 5.74) is 2.44. The van der Waals surface area contributed by atoms with Gasteiger partial charge in [-0.05, 0) is 37.1 Å². The van der Waals surface area contributed by atoms with E-state index in [2.05, 4.69) is 14.8 Å². The first-order valence-electron chi connectivity index (χ1n) is 8.78. The topological polar surface area (TPSA) is 44.9 Å². The minimum atomic E-state index is -4.80. The first-order valence-corrected chi connectivity index (χ1v) is 8.78. The lowest BCUT2D eigenvalue weighted by molar-refractivity contribution is -0.274. The normalized spacial score (nSPS) is 12.0. The number of fused-ring (bicyclic) bond motifs is 1. The number of hydrogen-bond acceptors (Lipinski definition) is 3. The van der Waals surface area contributed by atoms with E-state index in [-0.39, 0.29) is 16.8 Å². The van der Waals surface area contributed by atoms with Crippen molar-refractivity contribution in [3.05, 3.63) is 59.6 Å². The van der Waals surface area contributed by atoms with E-state index < -0.39 is 18.0 Å². The van der Waals surface area contributed by atoms with Gasteiger partial charge in [0.2, 0.25) is 0 Å². The van der Waals surface area contributed by atoms with Gasteiger partial charge in [-0.1, -0.05) is 6.07 Å². The van der Waals surface area contributed by atoms with Crippen LogP contribution in [0, 0.1) is 25.5 Å². The number of ether oxygens (including phenoxy) is 1. The van der Waals surface area contributed by atoms with Crippen LogP contribution in [0.5, 0.6) is 5.75 Å². The first-order chi connectivity index (χ1) is 14.0. The van der Waals surface area contributed by atoms with Crippen LogP contribution in [0.3, 0.4) is 0 Å². The molecule has 0 aliphatic rings. The third-order valence-corrected chi connectivity index (χ3v) is 4.68. The molecule has 0 atom stereocenters. The van der Waals surface area contributed by atoms with Crippen molar-refractivity contribution in [2.45, 2.75) is 20.2 Å². The van der Waals surface area contributed by atoms with Gasteiger partial charge in [0, 0.05) is 24.7 Å². The summed E-state index contributed by atoms with van der Waals surface area (Å²) >= 11 is 0. The molecule has 2 aromatic heterocycles. The van der Waals surface area contributed by atoms with Crippen molar-refractivity contribution in [3.63, 3.8) is 0 Å². The van der Waals surface area contributed by atoms with Crippen LogP contribution in [-0.2, 0) is 7.05 Å². The van der Waals surface area contributed by atoms with Crippen LogP contribution in [0.2, 0.25) is 0 Å². The zero-order valence-corrected chi connectivity index (χ0v) is 16.1. The smallest absolute Gasteiger partial charge is 0.406 e. The highest BCUT2D eigenvalue weighted by atomic mass is 19.4. The number of aromatic nitrogens is 4. The van der Waals surface area contributed by atoms with Gasteiger partial charge >= 0.3 is 6.36 Å². The van der Waals surface area contributed by atoms with E-state index in [1.807, 2.05) is 0 Å². The van der Waals surface area contributed by atoms with E-state index in [0.29, 0.717) is 28.2 Å². The third kappa shape index (κ3) is 3.38. The predicted octanol–water partition coefficient (Wildman–Crippen LogP) is 5.22. The number of nitrogens with zero attached hydrogens (tertiary/aromatic N) is 4. The Balaban J connectivity index is 1.91. The van der Waals surface area contributed by atoms with Crippen molar-refractivity contribution in [1.29, 1.82) is 0 Å². The van der Waals surface area contributed by atoms with E-state index in [1.54, 1.807) is 20.9 Å². The summed E-state index contributed by atoms with van der Waals surface area (Å²) in [7, 11) is 1.65. The Bertz CT molecular complexity index is 1270. The number of rotatable bonds is 3. The van der Waals surface area contributed by atoms with Gasteiger partial charge in [0.1, 0.15) is 29.2 Å². The molecule has 0 unspecified atom stereocenters. The number of hydrogen-bond donors (Lipinski definition) is 0. The SMILES string of the molecule is Cc1cc(OC(F)(F)F)ccc1-c1c(C)nn(C)c1-n1cnc2cc(F)cc(F)c21. The molecular weight excluding hydrogens is 407 g/mol. The van der Waals surface area contributed by atoms with E-state index >= 15 is 0 Å². The van der Waals surface area contributed by atoms with Crippen LogP contribution in [-0.4, -0.2) is 25.7 Å². The lowest BCUT2D eigenvalue weighted by Crippen LogP contribution is -2.17. The number of benzene rings is 2. The molecule has 30 heavy (non-hydrogen) atoms. The lowest BCUT2D eigenvalue weighted by Gasteiger charge is -2.14. The maximum absolute atomic E-state index is 14.5. The van der Waals surface area contributed by atoms with Gasteiger partial charge < -0.3 is 4.74 Å².